The Hall–Kier alpha value is -1.43. The van der Waals surface area contributed by atoms with E-state index >= 15 is 0 Å². The van der Waals surface area contributed by atoms with E-state index < -0.39 is 5.60 Å². The van der Waals surface area contributed by atoms with Crippen molar-refractivity contribution >= 4 is 27.7 Å². The van der Waals surface area contributed by atoms with Crippen LogP contribution < -0.4 is 10.5 Å². The van der Waals surface area contributed by atoms with E-state index in [2.05, 4.69) is 15.9 Å². The lowest BCUT2D eigenvalue weighted by Crippen LogP contribution is -2.42. The first-order valence-electron chi connectivity index (χ1n) is 7.90. The zero-order valence-electron chi connectivity index (χ0n) is 14.0. The predicted octanol–water partition coefficient (Wildman–Crippen LogP) is 4.06. The van der Waals surface area contributed by atoms with Crippen molar-refractivity contribution in [2.75, 3.05) is 25.4 Å². The number of amides is 1. The Kier molecular flexibility index (Phi) is 5.79. The van der Waals surface area contributed by atoms with Crippen LogP contribution in [0.25, 0.3) is 0 Å². The van der Waals surface area contributed by atoms with Crippen LogP contribution in [0.3, 0.4) is 0 Å². The lowest BCUT2D eigenvalue weighted by atomic mass is 9.98. The minimum absolute atomic E-state index is 0.226. The molecule has 1 saturated heterocycles. The molecule has 5 nitrogen and oxygen atoms in total. The number of nitrogen functional groups attached to an aromatic ring is 1. The van der Waals surface area contributed by atoms with Gasteiger partial charge in [-0.15, -0.1) is 0 Å². The molecule has 0 unspecified atom stereocenters. The summed E-state index contributed by atoms with van der Waals surface area (Å²) in [6.45, 7) is 7.70. The maximum atomic E-state index is 12.0. The summed E-state index contributed by atoms with van der Waals surface area (Å²) in [6.07, 6.45) is 1.61. The third-order valence-electron chi connectivity index (χ3n) is 3.70. The summed E-state index contributed by atoms with van der Waals surface area (Å²) >= 11 is 3.46. The van der Waals surface area contributed by atoms with Crippen LogP contribution >= 0.6 is 15.9 Å². The zero-order valence-corrected chi connectivity index (χ0v) is 15.6. The van der Waals surface area contributed by atoms with Crippen LogP contribution in [-0.2, 0) is 4.74 Å². The number of hydrogen-bond donors (Lipinski definition) is 1. The molecule has 0 saturated carbocycles. The molecule has 1 fully saturated rings. The highest BCUT2D eigenvalue weighted by Crippen LogP contribution is 2.28. The number of benzene rings is 1. The molecule has 1 aliphatic heterocycles. The van der Waals surface area contributed by atoms with Gasteiger partial charge in [0.05, 0.1) is 11.1 Å². The van der Waals surface area contributed by atoms with E-state index in [1.807, 2.05) is 39.0 Å². The predicted molar refractivity (Wildman–Crippen MR) is 94.6 cm³/mol. The number of carbonyl (C=O) groups is 1. The Balaban J connectivity index is 1.79. The van der Waals surface area contributed by atoms with Gasteiger partial charge in [-0.25, -0.2) is 4.79 Å². The number of nitrogens with two attached hydrogens (primary N) is 1. The first-order valence-corrected chi connectivity index (χ1v) is 8.69. The van der Waals surface area contributed by atoms with E-state index in [-0.39, 0.29) is 6.09 Å². The van der Waals surface area contributed by atoms with E-state index in [9.17, 15) is 4.79 Å². The molecule has 1 aromatic rings. The minimum Gasteiger partial charge on any atom is -0.492 e. The van der Waals surface area contributed by atoms with Crippen molar-refractivity contribution in [2.24, 2.45) is 5.92 Å². The van der Waals surface area contributed by atoms with E-state index in [0.717, 1.165) is 23.1 Å². The Morgan fingerprint density at radius 2 is 2.00 bits per heavy atom. The number of nitrogens with zero attached hydrogens (tertiary/aromatic N) is 1. The number of halogens is 1. The molecular weight excluding hydrogens is 360 g/mol. The van der Waals surface area contributed by atoms with Crippen LogP contribution in [0.15, 0.2) is 22.7 Å². The second-order valence-corrected chi connectivity index (χ2v) is 7.77. The van der Waals surface area contributed by atoms with Gasteiger partial charge in [-0.3, -0.25) is 0 Å². The number of carbonyl (C=O) groups excluding carboxylic acids is 1. The van der Waals surface area contributed by atoms with E-state index in [4.69, 9.17) is 15.2 Å². The largest absolute Gasteiger partial charge is 0.492 e. The van der Waals surface area contributed by atoms with Gasteiger partial charge in [0, 0.05) is 24.8 Å². The first kappa shape index (κ1) is 17.9. The molecule has 0 aliphatic carbocycles. The molecule has 0 radical (unpaired) electrons. The lowest BCUT2D eigenvalue weighted by Gasteiger charge is -2.33. The number of rotatable bonds is 3. The van der Waals surface area contributed by atoms with Crippen LogP contribution in [0, 0.1) is 5.92 Å². The van der Waals surface area contributed by atoms with Crippen LogP contribution in [0.5, 0.6) is 5.75 Å². The van der Waals surface area contributed by atoms with Crippen molar-refractivity contribution in [3.05, 3.63) is 22.7 Å². The number of ether oxygens (including phenoxy) is 2. The summed E-state index contributed by atoms with van der Waals surface area (Å²) in [7, 11) is 0. The van der Waals surface area contributed by atoms with Gasteiger partial charge in [0.15, 0.2) is 0 Å². The van der Waals surface area contributed by atoms with Gasteiger partial charge in [-0.2, -0.15) is 0 Å². The van der Waals surface area contributed by atoms with Crippen LogP contribution in [0.1, 0.15) is 33.6 Å². The normalized spacial score (nSPS) is 16.3. The first-order chi connectivity index (χ1) is 10.7. The number of likely N-dealkylation sites (tertiary alicyclic amines) is 1. The molecule has 0 spiro atoms. The number of piperidine rings is 1. The maximum absolute atomic E-state index is 12.0. The lowest BCUT2D eigenvalue weighted by molar-refractivity contribution is 0.0165. The highest BCUT2D eigenvalue weighted by molar-refractivity contribution is 9.10. The van der Waals surface area contributed by atoms with E-state index in [0.29, 0.717) is 31.3 Å². The van der Waals surface area contributed by atoms with E-state index in [1.165, 1.54) is 0 Å². The van der Waals surface area contributed by atoms with Gasteiger partial charge in [0.25, 0.3) is 0 Å². The Morgan fingerprint density at radius 1 is 1.35 bits per heavy atom. The third-order valence-corrected chi connectivity index (χ3v) is 4.35. The molecule has 128 valence electrons. The van der Waals surface area contributed by atoms with Crippen molar-refractivity contribution in [1.29, 1.82) is 0 Å². The summed E-state index contributed by atoms with van der Waals surface area (Å²) in [4.78, 5) is 13.8. The van der Waals surface area contributed by atoms with Crippen LogP contribution in [0.2, 0.25) is 0 Å². The number of anilines is 1. The number of hydrogen-bond acceptors (Lipinski definition) is 4. The van der Waals surface area contributed by atoms with Gasteiger partial charge in [0.2, 0.25) is 0 Å². The molecule has 1 aromatic carbocycles. The summed E-state index contributed by atoms with van der Waals surface area (Å²) in [5, 5.41) is 0. The quantitative estimate of drug-likeness (QED) is 0.797. The van der Waals surface area contributed by atoms with Crippen molar-refractivity contribution in [2.45, 2.75) is 39.2 Å². The molecule has 0 bridgehead atoms. The molecular formula is C17H25BrN2O3. The Labute approximate surface area is 146 Å². The second-order valence-electron chi connectivity index (χ2n) is 6.91. The van der Waals surface area contributed by atoms with Crippen LogP contribution in [0.4, 0.5) is 10.5 Å². The zero-order chi connectivity index (χ0) is 17.0. The maximum Gasteiger partial charge on any atom is 0.410 e. The molecule has 2 rings (SSSR count). The Bertz CT molecular complexity index is 549. The summed E-state index contributed by atoms with van der Waals surface area (Å²) < 4.78 is 12.2. The van der Waals surface area contributed by atoms with E-state index in [1.54, 1.807) is 4.90 Å². The molecule has 0 atom stereocenters. The SMILES string of the molecule is CC(C)(C)OC(=O)N1CCC(COc2cc(N)ccc2Br)CC1. The second kappa shape index (κ2) is 7.43. The fraction of sp³-hybridized carbons (Fsp3) is 0.588. The highest BCUT2D eigenvalue weighted by Gasteiger charge is 2.27. The van der Waals surface area contributed by atoms with Crippen molar-refractivity contribution in [3.8, 4) is 5.75 Å². The third kappa shape index (κ3) is 5.61. The van der Waals surface area contributed by atoms with Crippen molar-refractivity contribution in [1.82, 2.24) is 4.90 Å². The van der Waals surface area contributed by atoms with Gasteiger partial charge < -0.3 is 20.1 Å². The highest BCUT2D eigenvalue weighted by atomic mass is 79.9. The topological polar surface area (TPSA) is 64.8 Å². The monoisotopic (exact) mass is 384 g/mol. The fourth-order valence-electron chi connectivity index (χ4n) is 2.45. The van der Waals surface area contributed by atoms with Crippen LogP contribution in [-0.4, -0.2) is 36.3 Å². The standard InChI is InChI=1S/C17H25BrN2O3/c1-17(2,3)23-16(21)20-8-6-12(7-9-20)11-22-15-10-13(19)4-5-14(15)18/h4-5,10,12H,6-9,11,19H2,1-3H3. The molecule has 1 heterocycles. The van der Waals surface area contributed by atoms with Crippen molar-refractivity contribution < 1.29 is 14.3 Å². The van der Waals surface area contributed by atoms with Crippen molar-refractivity contribution in [3.63, 3.8) is 0 Å². The smallest absolute Gasteiger partial charge is 0.410 e. The molecule has 6 heteroatoms. The summed E-state index contributed by atoms with van der Waals surface area (Å²) in [6, 6.07) is 5.53. The molecule has 23 heavy (non-hydrogen) atoms. The Morgan fingerprint density at radius 3 is 2.61 bits per heavy atom. The molecule has 0 aromatic heterocycles. The minimum atomic E-state index is -0.448. The van der Waals surface area contributed by atoms with Gasteiger partial charge in [-0.05, 0) is 67.6 Å². The van der Waals surface area contributed by atoms with Gasteiger partial charge in [0.1, 0.15) is 11.4 Å². The van der Waals surface area contributed by atoms with Gasteiger partial charge in [-0.1, -0.05) is 0 Å². The average molecular weight is 385 g/mol. The summed E-state index contributed by atoms with van der Waals surface area (Å²) in [5.41, 5.74) is 6.01. The molecule has 1 amide bonds. The average Bonchev–Trinajstić information content (AvgIpc) is 2.47. The van der Waals surface area contributed by atoms with Gasteiger partial charge >= 0.3 is 6.09 Å². The molecule has 2 N–H and O–H groups in total. The molecule has 1 aliphatic rings. The summed E-state index contributed by atoms with van der Waals surface area (Å²) in [5.74, 6) is 1.20. The fourth-order valence-corrected chi connectivity index (χ4v) is 2.81.